The molecule has 1 aromatic carbocycles. The number of benzene rings is 1. The normalized spacial score (nSPS) is 15.8. The minimum atomic E-state index is -1.48. The van der Waals surface area contributed by atoms with Crippen molar-refractivity contribution in [3.05, 3.63) is 38.0 Å². The van der Waals surface area contributed by atoms with E-state index in [1.54, 1.807) is 12.1 Å². The molecule has 1 unspecified atom stereocenters. The maximum absolute atomic E-state index is 13.3. The zero-order valence-electron chi connectivity index (χ0n) is 12.9. The summed E-state index contributed by atoms with van der Waals surface area (Å²) in [5.74, 6) is 0. The zero-order chi connectivity index (χ0) is 16.9. The molecular formula is C15H16BrCl2N3OS. The van der Waals surface area contributed by atoms with E-state index in [2.05, 4.69) is 21.0 Å². The highest BCUT2D eigenvalue weighted by atomic mass is 79.9. The van der Waals surface area contributed by atoms with Gasteiger partial charge in [-0.25, -0.2) is 0 Å². The number of anilines is 1. The van der Waals surface area contributed by atoms with Gasteiger partial charge in [-0.2, -0.15) is 9.40 Å². The highest BCUT2D eigenvalue weighted by Gasteiger charge is 2.42. The number of nitrogens with zero attached hydrogens (tertiary/aromatic N) is 3. The van der Waals surface area contributed by atoms with Crippen molar-refractivity contribution in [2.75, 3.05) is 4.31 Å². The van der Waals surface area contributed by atoms with E-state index in [1.165, 1.54) is 0 Å². The highest BCUT2D eigenvalue weighted by molar-refractivity contribution is 9.10. The Balaban J connectivity index is 2.09. The number of hydrogen-bond donors (Lipinski definition) is 0. The average Bonchev–Trinajstić information content (AvgIpc) is 3.22. The van der Waals surface area contributed by atoms with Gasteiger partial charge >= 0.3 is 0 Å². The van der Waals surface area contributed by atoms with Crippen LogP contribution in [0.15, 0.2) is 21.5 Å². The van der Waals surface area contributed by atoms with Gasteiger partial charge < -0.3 is 4.55 Å². The third kappa shape index (κ3) is 3.24. The molecule has 0 spiro atoms. The highest BCUT2D eigenvalue weighted by Crippen LogP contribution is 2.43. The van der Waals surface area contributed by atoms with Crippen molar-refractivity contribution in [2.24, 2.45) is 7.05 Å². The van der Waals surface area contributed by atoms with Gasteiger partial charge in [0, 0.05) is 11.5 Å². The topological polar surface area (TPSA) is 44.1 Å². The largest absolute Gasteiger partial charge is 0.588 e. The molecule has 1 atom stereocenters. The lowest BCUT2D eigenvalue weighted by molar-refractivity contribution is 0.589. The second-order valence-electron chi connectivity index (χ2n) is 5.65. The van der Waals surface area contributed by atoms with Crippen LogP contribution in [0.2, 0.25) is 10.0 Å². The summed E-state index contributed by atoms with van der Waals surface area (Å²) in [5, 5.41) is 5.24. The molecule has 1 heterocycles. The number of hydrogen-bond acceptors (Lipinski definition) is 3. The predicted octanol–water partition coefficient (Wildman–Crippen LogP) is 4.80. The summed E-state index contributed by atoms with van der Waals surface area (Å²) >= 11 is 14.5. The summed E-state index contributed by atoms with van der Waals surface area (Å²) in [6.07, 6.45) is 2.01. The maximum Gasteiger partial charge on any atom is 0.217 e. The molecule has 1 aromatic heterocycles. The lowest BCUT2D eigenvalue weighted by Gasteiger charge is -2.27. The second-order valence-corrected chi connectivity index (χ2v) is 8.68. The molecule has 2 aromatic rings. The Bertz CT molecular complexity index is 740. The summed E-state index contributed by atoms with van der Waals surface area (Å²) in [6.45, 7) is 3.91. The Morgan fingerprint density at radius 3 is 2.30 bits per heavy atom. The molecule has 0 N–H and O–H groups in total. The fourth-order valence-corrected chi connectivity index (χ4v) is 5.75. The Labute approximate surface area is 157 Å². The third-order valence-corrected chi connectivity index (χ3v) is 6.79. The lowest BCUT2D eigenvalue weighted by atomic mass is 10.3. The van der Waals surface area contributed by atoms with Crippen molar-refractivity contribution in [3.63, 3.8) is 0 Å². The van der Waals surface area contributed by atoms with Crippen molar-refractivity contribution >= 4 is 56.2 Å². The summed E-state index contributed by atoms with van der Waals surface area (Å²) in [4.78, 5) is 0.450. The molecule has 0 radical (unpaired) electrons. The third-order valence-electron chi connectivity index (χ3n) is 3.89. The van der Waals surface area contributed by atoms with Crippen LogP contribution < -0.4 is 4.31 Å². The number of aryl methyl sites for hydroxylation is 2. The van der Waals surface area contributed by atoms with Crippen LogP contribution in [-0.4, -0.2) is 20.4 Å². The van der Waals surface area contributed by atoms with Crippen LogP contribution in [0.25, 0.3) is 0 Å². The van der Waals surface area contributed by atoms with Gasteiger partial charge in [0.1, 0.15) is 27.1 Å². The molecule has 0 aliphatic heterocycles. The van der Waals surface area contributed by atoms with Gasteiger partial charge in [0.05, 0.1) is 17.4 Å². The Morgan fingerprint density at radius 2 is 1.87 bits per heavy atom. The summed E-state index contributed by atoms with van der Waals surface area (Å²) in [5.41, 5.74) is 2.74. The van der Waals surface area contributed by atoms with Crippen molar-refractivity contribution in [1.82, 2.24) is 9.78 Å². The molecule has 1 fully saturated rings. The van der Waals surface area contributed by atoms with E-state index in [-0.39, 0.29) is 6.04 Å². The molecule has 1 aliphatic carbocycles. The first-order valence-corrected chi connectivity index (χ1v) is 9.82. The molecule has 8 heteroatoms. The van der Waals surface area contributed by atoms with Crippen LogP contribution >= 0.6 is 39.1 Å². The molecule has 0 amide bonds. The van der Waals surface area contributed by atoms with E-state index in [0.717, 1.165) is 34.4 Å². The molecule has 1 aliphatic rings. The van der Waals surface area contributed by atoms with Crippen molar-refractivity contribution in [2.45, 2.75) is 37.6 Å². The van der Waals surface area contributed by atoms with Crippen LogP contribution in [0.1, 0.15) is 24.2 Å². The molecule has 3 rings (SSSR count). The van der Waals surface area contributed by atoms with Crippen molar-refractivity contribution in [1.29, 1.82) is 0 Å². The van der Waals surface area contributed by atoms with Crippen LogP contribution in [0.3, 0.4) is 0 Å². The number of halogens is 3. The first-order valence-electron chi connectivity index (χ1n) is 7.17. The van der Waals surface area contributed by atoms with Crippen LogP contribution in [0.4, 0.5) is 5.69 Å². The van der Waals surface area contributed by atoms with Gasteiger partial charge in [-0.1, -0.05) is 39.1 Å². The fraction of sp³-hybridized carbons (Fsp3) is 0.400. The van der Waals surface area contributed by atoms with E-state index in [4.69, 9.17) is 23.2 Å². The summed E-state index contributed by atoms with van der Waals surface area (Å²) in [6, 6.07) is 3.66. The number of aromatic nitrogens is 2. The summed E-state index contributed by atoms with van der Waals surface area (Å²) in [7, 11) is 1.89. The van der Waals surface area contributed by atoms with Crippen LogP contribution in [0, 0.1) is 13.8 Å². The lowest BCUT2D eigenvalue weighted by Crippen LogP contribution is -2.34. The van der Waals surface area contributed by atoms with Gasteiger partial charge in [0.2, 0.25) is 4.90 Å². The van der Waals surface area contributed by atoms with Gasteiger partial charge in [-0.05, 0) is 38.8 Å². The Hall–Kier alpha value is -0.400. The summed E-state index contributed by atoms with van der Waals surface area (Å²) < 4.78 is 17.8. The maximum atomic E-state index is 13.3. The van der Waals surface area contributed by atoms with Gasteiger partial charge in [-0.3, -0.25) is 4.68 Å². The van der Waals surface area contributed by atoms with E-state index in [9.17, 15) is 4.55 Å². The van der Waals surface area contributed by atoms with Crippen molar-refractivity contribution < 1.29 is 4.55 Å². The Morgan fingerprint density at radius 1 is 1.30 bits per heavy atom. The predicted molar refractivity (Wildman–Crippen MR) is 98.8 cm³/mol. The minimum absolute atomic E-state index is 0.230. The number of rotatable bonds is 4. The molecule has 1 saturated carbocycles. The quantitative estimate of drug-likeness (QED) is 0.646. The molecule has 4 nitrogen and oxygen atoms in total. The first kappa shape index (κ1) is 17.4. The SMILES string of the molecule is Cc1nn(C)c(C)c1N(C1CC1)[S+]([O-])c1c(Cl)cc(Br)cc1Cl. The smallest absolute Gasteiger partial charge is 0.217 e. The Kier molecular flexibility index (Phi) is 4.91. The van der Waals surface area contributed by atoms with Crippen LogP contribution in [-0.2, 0) is 18.4 Å². The molecule has 23 heavy (non-hydrogen) atoms. The van der Waals surface area contributed by atoms with E-state index >= 15 is 0 Å². The van der Waals surface area contributed by atoms with Gasteiger partial charge in [0.15, 0.2) is 0 Å². The molecular weight excluding hydrogens is 421 g/mol. The van der Waals surface area contributed by atoms with E-state index in [1.807, 2.05) is 29.9 Å². The van der Waals surface area contributed by atoms with Gasteiger partial charge in [-0.15, -0.1) is 0 Å². The van der Waals surface area contributed by atoms with Crippen molar-refractivity contribution in [3.8, 4) is 0 Å². The monoisotopic (exact) mass is 435 g/mol. The standard InChI is InChI=1S/C15H16BrCl2N3OS/c1-8-14(9(2)20(3)19-8)21(11-4-5-11)23(22)15-12(17)6-10(16)7-13(15)18/h6-7,11H,4-5H2,1-3H3. The zero-order valence-corrected chi connectivity index (χ0v) is 16.9. The molecule has 124 valence electrons. The minimum Gasteiger partial charge on any atom is -0.588 e. The first-order chi connectivity index (χ1) is 10.8. The average molecular weight is 437 g/mol. The fourth-order valence-electron chi connectivity index (χ4n) is 2.59. The molecule has 0 saturated heterocycles. The van der Waals surface area contributed by atoms with E-state index in [0.29, 0.717) is 14.9 Å². The van der Waals surface area contributed by atoms with Gasteiger partial charge in [0.25, 0.3) is 0 Å². The van der Waals surface area contributed by atoms with Crippen LogP contribution in [0.5, 0.6) is 0 Å². The second kappa shape index (κ2) is 6.48. The van der Waals surface area contributed by atoms with E-state index < -0.39 is 11.4 Å². The molecule has 0 bridgehead atoms.